The Kier molecular flexibility index (Phi) is 1.98. The molecular formula is C13H13N3O. The summed E-state index contributed by atoms with van der Waals surface area (Å²) in [6.07, 6.45) is 1.67. The van der Waals surface area contributed by atoms with Gasteiger partial charge in [-0.1, -0.05) is 18.2 Å². The number of aromatic nitrogens is 2. The highest BCUT2D eigenvalue weighted by Gasteiger charge is 2.16. The third-order valence-corrected chi connectivity index (χ3v) is 3.17. The second kappa shape index (κ2) is 3.38. The van der Waals surface area contributed by atoms with Crippen LogP contribution in [0.15, 0.2) is 34.9 Å². The molecule has 0 radical (unpaired) electrons. The highest BCUT2D eigenvalue weighted by molar-refractivity contribution is 5.96. The summed E-state index contributed by atoms with van der Waals surface area (Å²) >= 11 is 0. The molecule has 17 heavy (non-hydrogen) atoms. The zero-order chi connectivity index (χ0) is 12.0. The summed E-state index contributed by atoms with van der Waals surface area (Å²) in [4.78, 5) is 3.95. The third-order valence-electron chi connectivity index (χ3n) is 3.17. The Bertz CT molecular complexity index is 694. The van der Waals surface area contributed by atoms with Crippen molar-refractivity contribution in [3.05, 3.63) is 36.2 Å². The van der Waals surface area contributed by atoms with Crippen LogP contribution in [-0.4, -0.2) is 9.55 Å². The van der Waals surface area contributed by atoms with Gasteiger partial charge in [0.25, 0.3) is 6.01 Å². The van der Waals surface area contributed by atoms with Crippen LogP contribution in [0.5, 0.6) is 0 Å². The van der Waals surface area contributed by atoms with E-state index in [1.54, 1.807) is 6.20 Å². The van der Waals surface area contributed by atoms with Crippen LogP contribution in [0.4, 0.5) is 6.01 Å². The Labute approximate surface area is 98.7 Å². The predicted molar refractivity (Wildman–Crippen MR) is 67.6 cm³/mol. The number of aryl methyl sites for hydroxylation is 1. The number of benzene rings is 1. The fourth-order valence-electron chi connectivity index (χ4n) is 2.24. The Morgan fingerprint density at radius 1 is 1.29 bits per heavy atom. The average Bonchev–Trinajstić information content (AvgIpc) is 2.84. The summed E-state index contributed by atoms with van der Waals surface area (Å²) in [5.74, 6) is 0.719. The Morgan fingerprint density at radius 3 is 2.76 bits per heavy atom. The number of fused-ring (bicyclic) bond motifs is 1. The van der Waals surface area contributed by atoms with E-state index in [2.05, 4.69) is 28.6 Å². The van der Waals surface area contributed by atoms with Gasteiger partial charge in [0, 0.05) is 29.2 Å². The van der Waals surface area contributed by atoms with Gasteiger partial charge in [0.2, 0.25) is 0 Å². The van der Waals surface area contributed by atoms with E-state index in [1.807, 2.05) is 19.2 Å². The fraction of sp³-hybridized carbons (Fsp3) is 0.154. The highest BCUT2D eigenvalue weighted by atomic mass is 16.4. The van der Waals surface area contributed by atoms with Crippen LogP contribution in [0.25, 0.3) is 22.2 Å². The first-order valence-corrected chi connectivity index (χ1v) is 5.44. The number of hydrogen-bond donors (Lipinski definition) is 1. The second-order valence-electron chi connectivity index (χ2n) is 4.10. The first-order valence-electron chi connectivity index (χ1n) is 5.44. The van der Waals surface area contributed by atoms with Crippen molar-refractivity contribution in [3.8, 4) is 11.3 Å². The van der Waals surface area contributed by atoms with E-state index in [0.717, 1.165) is 22.4 Å². The zero-order valence-electron chi connectivity index (χ0n) is 9.77. The van der Waals surface area contributed by atoms with Gasteiger partial charge in [-0.25, -0.2) is 4.98 Å². The number of oxazole rings is 1. The zero-order valence-corrected chi connectivity index (χ0v) is 9.77. The van der Waals surface area contributed by atoms with Gasteiger partial charge in [-0.05, 0) is 13.0 Å². The largest absolute Gasteiger partial charge is 0.424 e. The molecule has 0 aliphatic heterocycles. The number of para-hydroxylation sites is 1. The summed E-state index contributed by atoms with van der Waals surface area (Å²) < 4.78 is 7.57. The van der Waals surface area contributed by atoms with Crippen molar-refractivity contribution < 1.29 is 4.42 Å². The van der Waals surface area contributed by atoms with E-state index in [0.29, 0.717) is 0 Å². The molecule has 3 aromatic rings. The van der Waals surface area contributed by atoms with Gasteiger partial charge >= 0.3 is 0 Å². The fourth-order valence-corrected chi connectivity index (χ4v) is 2.24. The first-order chi connectivity index (χ1) is 8.18. The molecule has 1 aromatic carbocycles. The molecule has 0 saturated heterocycles. The Hall–Kier alpha value is -2.23. The maximum atomic E-state index is 5.53. The standard InChI is InChI=1S/C13H13N3O/c1-8-12(11-7-15-13(14)17-11)9-5-3-4-6-10(9)16(8)2/h3-7H,1-2H3,(H2,14,15). The van der Waals surface area contributed by atoms with Crippen molar-refractivity contribution in [1.29, 1.82) is 0 Å². The molecule has 0 aliphatic carbocycles. The van der Waals surface area contributed by atoms with Crippen molar-refractivity contribution in [2.45, 2.75) is 6.92 Å². The molecule has 2 heterocycles. The van der Waals surface area contributed by atoms with Crippen LogP contribution < -0.4 is 5.73 Å². The first kappa shape index (κ1) is 9.96. The molecule has 4 heteroatoms. The summed E-state index contributed by atoms with van der Waals surface area (Å²) in [7, 11) is 2.04. The lowest BCUT2D eigenvalue weighted by atomic mass is 10.1. The minimum Gasteiger partial charge on any atom is -0.424 e. The smallest absolute Gasteiger partial charge is 0.292 e. The monoisotopic (exact) mass is 227 g/mol. The SMILES string of the molecule is Cc1c(-c2cnc(N)o2)c2ccccc2n1C. The number of nitrogens with zero attached hydrogens (tertiary/aromatic N) is 2. The molecule has 3 rings (SSSR count). The van der Waals surface area contributed by atoms with E-state index in [-0.39, 0.29) is 6.01 Å². The quantitative estimate of drug-likeness (QED) is 0.695. The van der Waals surface area contributed by atoms with Crippen molar-refractivity contribution >= 4 is 16.9 Å². The van der Waals surface area contributed by atoms with Crippen LogP contribution in [0, 0.1) is 6.92 Å². The molecule has 0 unspecified atom stereocenters. The van der Waals surface area contributed by atoms with Crippen LogP contribution >= 0.6 is 0 Å². The van der Waals surface area contributed by atoms with Crippen LogP contribution in [0.2, 0.25) is 0 Å². The predicted octanol–water partition coefficient (Wildman–Crippen LogP) is 2.72. The molecule has 4 nitrogen and oxygen atoms in total. The second-order valence-corrected chi connectivity index (χ2v) is 4.10. The summed E-state index contributed by atoms with van der Waals surface area (Å²) in [6.45, 7) is 2.06. The minimum absolute atomic E-state index is 0.201. The molecule has 0 atom stereocenters. The number of hydrogen-bond acceptors (Lipinski definition) is 3. The number of anilines is 1. The molecule has 2 N–H and O–H groups in total. The van der Waals surface area contributed by atoms with Gasteiger partial charge in [-0.3, -0.25) is 0 Å². The van der Waals surface area contributed by atoms with E-state index < -0.39 is 0 Å². The molecule has 2 aromatic heterocycles. The van der Waals surface area contributed by atoms with E-state index in [9.17, 15) is 0 Å². The Balaban J connectivity index is 2.40. The molecular weight excluding hydrogens is 214 g/mol. The lowest BCUT2D eigenvalue weighted by Crippen LogP contribution is -1.89. The molecule has 86 valence electrons. The normalized spacial score (nSPS) is 11.2. The maximum absolute atomic E-state index is 5.53. The van der Waals surface area contributed by atoms with E-state index in [1.165, 1.54) is 5.52 Å². The van der Waals surface area contributed by atoms with Gasteiger partial charge in [0.05, 0.1) is 6.20 Å². The molecule has 0 bridgehead atoms. The highest BCUT2D eigenvalue weighted by Crippen LogP contribution is 2.34. The number of rotatable bonds is 1. The summed E-state index contributed by atoms with van der Waals surface area (Å²) in [5.41, 5.74) is 8.91. The molecule has 0 amide bonds. The number of nitrogens with two attached hydrogens (primary N) is 1. The molecule has 0 spiro atoms. The van der Waals surface area contributed by atoms with Crippen molar-refractivity contribution in [3.63, 3.8) is 0 Å². The Morgan fingerprint density at radius 2 is 2.06 bits per heavy atom. The molecule has 0 saturated carbocycles. The van der Waals surface area contributed by atoms with E-state index >= 15 is 0 Å². The minimum atomic E-state index is 0.201. The molecule has 0 fully saturated rings. The maximum Gasteiger partial charge on any atom is 0.292 e. The summed E-state index contributed by atoms with van der Waals surface area (Å²) in [6, 6.07) is 8.42. The van der Waals surface area contributed by atoms with Crippen LogP contribution in [-0.2, 0) is 7.05 Å². The van der Waals surface area contributed by atoms with Crippen LogP contribution in [0.3, 0.4) is 0 Å². The average molecular weight is 227 g/mol. The van der Waals surface area contributed by atoms with Gasteiger partial charge in [-0.2, -0.15) is 0 Å². The number of nitrogen functional groups attached to an aromatic ring is 1. The van der Waals surface area contributed by atoms with Gasteiger partial charge in [0.1, 0.15) is 0 Å². The van der Waals surface area contributed by atoms with Crippen molar-refractivity contribution in [1.82, 2.24) is 9.55 Å². The van der Waals surface area contributed by atoms with E-state index in [4.69, 9.17) is 10.2 Å². The molecule has 0 aliphatic rings. The van der Waals surface area contributed by atoms with Crippen LogP contribution in [0.1, 0.15) is 5.69 Å². The lowest BCUT2D eigenvalue weighted by molar-refractivity contribution is 0.594. The van der Waals surface area contributed by atoms with Gasteiger partial charge < -0.3 is 14.7 Å². The third kappa shape index (κ3) is 1.34. The van der Waals surface area contributed by atoms with Crippen molar-refractivity contribution in [2.75, 3.05) is 5.73 Å². The summed E-state index contributed by atoms with van der Waals surface area (Å²) in [5, 5.41) is 1.16. The van der Waals surface area contributed by atoms with Gasteiger partial charge in [0.15, 0.2) is 5.76 Å². The topological polar surface area (TPSA) is 57.0 Å². The van der Waals surface area contributed by atoms with Gasteiger partial charge in [-0.15, -0.1) is 0 Å². The van der Waals surface area contributed by atoms with Crippen molar-refractivity contribution in [2.24, 2.45) is 7.05 Å². The lowest BCUT2D eigenvalue weighted by Gasteiger charge is -1.98.